The highest BCUT2D eigenvalue weighted by Gasteiger charge is 2.23. The molecule has 0 aromatic heterocycles. The molecule has 0 saturated carbocycles. The Hall–Kier alpha value is -1.34. The van der Waals surface area contributed by atoms with E-state index in [1.165, 1.54) is 5.56 Å². The van der Waals surface area contributed by atoms with Crippen LogP contribution in [-0.2, 0) is 10.2 Å². The molecule has 1 N–H and O–H groups in total. The Morgan fingerprint density at radius 2 is 2.18 bits per heavy atom. The predicted molar refractivity (Wildman–Crippen MR) is 70.5 cm³/mol. The number of rotatable bonds is 3. The fraction of sp³-hybridized carbons (Fsp3) is 0.385. The summed E-state index contributed by atoms with van der Waals surface area (Å²) >= 11 is 3.44. The number of hydrogen-bond acceptors (Lipinski definition) is 2. The molecule has 0 fully saturated rings. The minimum absolute atomic E-state index is 0.208. The van der Waals surface area contributed by atoms with Crippen LogP contribution in [-0.4, -0.2) is 12.5 Å². The Balaban J connectivity index is 2.93. The zero-order valence-electron chi connectivity index (χ0n) is 10.2. The van der Waals surface area contributed by atoms with E-state index in [0.29, 0.717) is 6.54 Å². The van der Waals surface area contributed by atoms with Crippen molar-refractivity contribution in [3.05, 3.63) is 33.8 Å². The molecule has 0 aliphatic heterocycles. The van der Waals surface area contributed by atoms with Crippen molar-refractivity contribution in [1.82, 2.24) is 5.32 Å². The van der Waals surface area contributed by atoms with Gasteiger partial charge in [0, 0.05) is 16.4 Å². The molecule has 0 aliphatic rings. The molecule has 3 nitrogen and oxygen atoms in total. The molecule has 0 heterocycles. The van der Waals surface area contributed by atoms with Crippen molar-refractivity contribution in [2.75, 3.05) is 6.54 Å². The number of halogens is 1. The minimum atomic E-state index is -0.592. The van der Waals surface area contributed by atoms with Gasteiger partial charge in [0.2, 0.25) is 0 Å². The first-order chi connectivity index (χ1) is 7.86. The van der Waals surface area contributed by atoms with Crippen LogP contribution in [0.2, 0.25) is 0 Å². The molecule has 90 valence electrons. The highest BCUT2D eigenvalue weighted by molar-refractivity contribution is 9.10. The van der Waals surface area contributed by atoms with Crippen LogP contribution < -0.4 is 5.32 Å². The maximum Gasteiger partial charge on any atom is 0.322 e. The molecule has 1 amide bonds. The smallest absolute Gasteiger partial charge is 0.322 e. The van der Waals surface area contributed by atoms with Crippen LogP contribution in [0.25, 0.3) is 0 Å². The van der Waals surface area contributed by atoms with Crippen molar-refractivity contribution in [2.45, 2.75) is 26.2 Å². The fourth-order valence-electron chi connectivity index (χ4n) is 1.76. The van der Waals surface area contributed by atoms with Crippen molar-refractivity contribution < 1.29 is 4.79 Å². The summed E-state index contributed by atoms with van der Waals surface area (Å²) in [5, 5.41) is 11.0. The average Bonchev–Trinajstić information content (AvgIpc) is 2.29. The monoisotopic (exact) mass is 294 g/mol. The Morgan fingerprint density at radius 3 is 2.76 bits per heavy atom. The molecule has 0 radical (unpaired) electrons. The van der Waals surface area contributed by atoms with E-state index in [2.05, 4.69) is 21.2 Å². The molecule has 1 aromatic rings. The maximum absolute atomic E-state index is 11.0. The standard InChI is InChI=1S/C13H15BrN2O/c1-9-4-5-10(14)6-11(9)13(2,3)8-16-12(17)7-15/h4-6H,8H2,1-3H3,(H,16,17). The lowest BCUT2D eigenvalue weighted by Crippen LogP contribution is -2.36. The molecule has 0 spiro atoms. The van der Waals surface area contributed by atoms with E-state index in [0.717, 1.165) is 10.0 Å². The molecule has 1 rings (SSSR count). The Morgan fingerprint density at radius 1 is 1.53 bits per heavy atom. The number of nitriles is 1. The number of nitrogens with zero attached hydrogens (tertiary/aromatic N) is 1. The van der Waals surface area contributed by atoms with Gasteiger partial charge in [-0.25, -0.2) is 0 Å². The SMILES string of the molecule is Cc1ccc(Br)cc1C(C)(C)CNC(=O)C#N. The van der Waals surface area contributed by atoms with E-state index in [9.17, 15) is 4.79 Å². The Kier molecular flexibility index (Phi) is 4.30. The number of benzene rings is 1. The maximum atomic E-state index is 11.0. The van der Waals surface area contributed by atoms with Crippen LogP contribution in [0.15, 0.2) is 22.7 Å². The van der Waals surface area contributed by atoms with Crippen LogP contribution in [0, 0.1) is 18.3 Å². The number of carbonyl (C=O) groups is 1. The van der Waals surface area contributed by atoms with Gasteiger partial charge in [-0.1, -0.05) is 35.8 Å². The van der Waals surface area contributed by atoms with Crippen molar-refractivity contribution in [2.24, 2.45) is 0 Å². The van der Waals surface area contributed by atoms with Crippen LogP contribution in [0.4, 0.5) is 0 Å². The summed E-state index contributed by atoms with van der Waals surface area (Å²) < 4.78 is 1.01. The molecule has 0 saturated heterocycles. The summed E-state index contributed by atoms with van der Waals surface area (Å²) in [6, 6.07) is 7.63. The quantitative estimate of drug-likeness (QED) is 0.872. The van der Waals surface area contributed by atoms with Gasteiger partial charge >= 0.3 is 5.91 Å². The van der Waals surface area contributed by atoms with Crippen LogP contribution in [0.1, 0.15) is 25.0 Å². The van der Waals surface area contributed by atoms with Gasteiger partial charge in [0.1, 0.15) is 0 Å². The number of hydrogen-bond donors (Lipinski definition) is 1. The van der Waals surface area contributed by atoms with Gasteiger partial charge < -0.3 is 5.32 Å². The first-order valence-electron chi connectivity index (χ1n) is 5.31. The topological polar surface area (TPSA) is 52.9 Å². The van der Waals surface area contributed by atoms with E-state index in [1.807, 2.05) is 39.0 Å². The van der Waals surface area contributed by atoms with Gasteiger partial charge in [-0.15, -0.1) is 0 Å². The summed E-state index contributed by atoms with van der Waals surface area (Å²) in [4.78, 5) is 11.0. The van der Waals surface area contributed by atoms with Crippen LogP contribution in [0.3, 0.4) is 0 Å². The van der Waals surface area contributed by atoms with Crippen molar-refractivity contribution in [1.29, 1.82) is 5.26 Å². The zero-order valence-corrected chi connectivity index (χ0v) is 11.8. The van der Waals surface area contributed by atoms with Crippen molar-refractivity contribution >= 4 is 21.8 Å². The summed E-state index contributed by atoms with van der Waals surface area (Å²) in [6.07, 6.45) is 0. The molecule has 0 atom stereocenters. The number of nitrogens with one attached hydrogen (secondary N) is 1. The van der Waals surface area contributed by atoms with Gasteiger partial charge in [0.25, 0.3) is 0 Å². The Bertz CT molecular complexity index is 475. The second-order valence-corrected chi connectivity index (χ2v) is 5.55. The van der Waals surface area contributed by atoms with E-state index in [4.69, 9.17) is 5.26 Å². The zero-order chi connectivity index (χ0) is 13.1. The predicted octanol–water partition coefficient (Wildman–Crippen LogP) is 2.67. The largest absolute Gasteiger partial charge is 0.343 e. The normalized spacial score (nSPS) is 10.8. The lowest BCUT2D eigenvalue weighted by atomic mass is 9.82. The summed E-state index contributed by atoms with van der Waals surface area (Å²) in [7, 11) is 0. The molecular formula is C13H15BrN2O. The molecule has 0 aliphatic carbocycles. The van der Waals surface area contributed by atoms with Gasteiger partial charge in [0.05, 0.1) is 0 Å². The molecular weight excluding hydrogens is 280 g/mol. The van der Waals surface area contributed by atoms with Crippen LogP contribution >= 0.6 is 15.9 Å². The lowest BCUT2D eigenvalue weighted by molar-refractivity contribution is -0.116. The number of amides is 1. The molecule has 0 unspecified atom stereocenters. The summed E-state index contributed by atoms with van der Waals surface area (Å²) in [5.74, 6) is -0.592. The fourth-order valence-corrected chi connectivity index (χ4v) is 2.12. The second-order valence-electron chi connectivity index (χ2n) is 4.64. The first kappa shape index (κ1) is 13.7. The number of aryl methyl sites for hydroxylation is 1. The Labute approximate surface area is 110 Å². The second kappa shape index (κ2) is 5.33. The average molecular weight is 295 g/mol. The highest BCUT2D eigenvalue weighted by Crippen LogP contribution is 2.28. The molecule has 0 bridgehead atoms. The third-order valence-electron chi connectivity index (χ3n) is 2.72. The van der Waals surface area contributed by atoms with E-state index in [-0.39, 0.29) is 5.41 Å². The van der Waals surface area contributed by atoms with E-state index in [1.54, 1.807) is 6.07 Å². The van der Waals surface area contributed by atoms with Gasteiger partial charge in [0.15, 0.2) is 6.07 Å². The highest BCUT2D eigenvalue weighted by atomic mass is 79.9. The molecule has 17 heavy (non-hydrogen) atoms. The molecule has 1 aromatic carbocycles. The van der Waals surface area contributed by atoms with Crippen molar-refractivity contribution in [3.8, 4) is 6.07 Å². The van der Waals surface area contributed by atoms with Gasteiger partial charge in [-0.2, -0.15) is 5.26 Å². The number of carbonyl (C=O) groups excluding carboxylic acids is 1. The van der Waals surface area contributed by atoms with E-state index >= 15 is 0 Å². The van der Waals surface area contributed by atoms with Crippen molar-refractivity contribution in [3.63, 3.8) is 0 Å². The minimum Gasteiger partial charge on any atom is -0.343 e. The van der Waals surface area contributed by atoms with Crippen LogP contribution in [0.5, 0.6) is 0 Å². The van der Waals surface area contributed by atoms with Gasteiger partial charge in [-0.05, 0) is 30.2 Å². The summed E-state index contributed by atoms with van der Waals surface area (Å²) in [5.41, 5.74) is 2.12. The first-order valence-corrected chi connectivity index (χ1v) is 6.10. The van der Waals surface area contributed by atoms with Gasteiger partial charge in [-0.3, -0.25) is 4.79 Å². The summed E-state index contributed by atoms with van der Waals surface area (Å²) in [6.45, 7) is 6.56. The lowest BCUT2D eigenvalue weighted by Gasteiger charge is -2.27. The third kappa shape index (κ3) is 3.57. The molecule has 4 heteroatoms. The third-order valence-corrected chi connectivity index (χ3v) is 3.21. The van der Waals surface area contributed by atoms with E-state index < -0.39 is 5.91 Å².